The van der Waals surface area contributed by atoms with Gasteiger partial charge in [-0.25, -0.2) is 0 Å². The lowest BCUT2D eigenvalue weighted by Crippen LogP contribution is -2.32. The third-order valence-corrected chi connectivity index (χ3v) is 5.77. The van der Waals surface area contributed by atoms with Gasteiger partial charge in [-0.15, -0.1) is 0 Å². The van der Waals surface area contributed by atoms with Gasteiger partial charge in [-0.05, 0) is 67.6 Å². The molecule has 1 aliphatic rings. The summed E-state index contributed by atoms with van der Waals surface area (Å²) in [4.78, 5) is 27.7. The number of nitrogens with one attached hydrogen (secondary N) is 1. The summed E-state index contributed by atoms with van der Waals surface area (Å²) in [6, 6.07) is 20.5. The van der Waals surface area contributed by atoms with Gasteiger partial charge < -0.3 is 10.2 Å². The Bertz CT molecular complexity index is 1110. The first kappa shape index (κ1) is 20.2. The minimum Gasteiger partial charge on any atom is -0.322 e. The highest BCUT2D eigenvalue weighted by molar-refractivity contribution is 6.35. The van der Waals surface area contributed by atoms with Crippen molar-refractivity contribution in [1.82, 2.24) is 0 Å². The molecular formula is C25H23ClN2O2. The zero-order valence-electron chi connectivity index (χ0n) is 16.8. The van der Waals surface area contributed by atoms with Gasteiger partial charge in [-0.2, -0.15) is 0 Å². The lowest BCUT2D eigenvalue weighted by molar-refractivity contribution is 0.0986. The normalized spacial score (nSPS) is 13.3. The van der Waals surface area contributed by atoms with Crippen LogP contribution in [0.25, 0.3) is 0 Å². The molecule has 4 rings (SSSR count). The van der Waals surface area contributed by atoms with Crippen molar-refractivity contribution in [3.05, 3.63) is 94.0 Å². The summed E-state index contributed by atoms with van der Waals surface area (Å²) in [6.07, 6.45) is 2.97. The number of benzene rings is 3. The number of para-hydroxylation sites is 1. The molecular weight excluding hydrogens is 396 g/mol. The van der Waals surface area contributed by atoms with Crippen LogP contribution in [0.5, 0.6) is 0 Å². The molecule has 0 bridgehead atoms. The van der Waals surface area contributed by atoms with Crippen molar-refractivity contribution < 1.29 is 9.59 Å². The van der Waals surface area contributed by atoms with Gasteiger partial charge in [0.05, 0.1) is 10.6 Å². The van der Waals surface area contributed by atoms with E-state index in [0.717, 1.165) is 30.5 Å². The summed E-state index contributed by atoms with van der Waals surface area (Å²) in [5, 5.41) is 3.19. The SMILES string of the molecule is Cc1ccccc1C(=O)Nc1ccc(C(=O)N2CCCCc3ccccc32)c(Cl)c1. The number of rotatable bonds is 3. The molecule has 1 aliphatic heterocycles. The Labute approximate surface area is 181 Å². The maximum absolute atomic E-state index is 13.3. The number of anilines is 2. The van der Waals surface area contributed by atoms with E-state index in [9.17, 15) is 9.59 Å². The molecule has 3 aromatic rings. The van der Waals surface area contributed by atoms with E-state index in [0.29, 0.717) is 28.4 Å². The van der Waals surface area contributed by atoms with Crippen LogP contribution in [0.1, 0.15) is 44.7 Å². The summed E-state index contributed by atoms with van der Waals surface area (Å²) in [5.41, 5.74) is 4.63. The molecule has 0 radical (unpaired) electrons. The van der Waals surface area contributed by atoms with E-state index >= 15 is 0 Å². The van der Waals surface area contributed by atoms with E-state index in [2.05, 4.69) is 11.4 Å². The van der Waals surface area contributed by atoms with E-state index in [1.54, 1.807) is 24.3 Å². The number of halogens is 1. The Hall–Kier alpha value is -3.11. The third-order valence-electron chi connectivity index (χ3n) is 5.45. The Kier molecular flexibility index (Phi) is 5.86. The van der Waals surface area contributed by atoms with E-state index < -0.39 is 0 Å². The predicted octanol–water partition coefficient (Wildman–Crippen LogP) is 5.88. The van der Waals surface area contributed by atoms with Gasteiger partial charge in [0.15, 0.2) is 0 Å². The molecule has 0 aromatic heterocycles. The minimum absolute atomic E-state index is 0.119. The summed E-state index contributed by atoms with van der Waals surface area (Å²) in [5.74, 6) is -0.323. The molecule has 0 aliphatic carbocycles. The van der Waals surface area contributed by atoms with Gasteiger partial charge in [-0.3, -0.25) is 9.59 Å². The monoisotopic (exact) mass is 418 g/mol. The lowest BCUT2D eigenvalue weighted by Gasteiger charge is -2.23. The molecule has 1 N–H and O–H groups in total. The smallest absolute Gasteiger partial charge is 0.259 e. The molecule has 30 heavy (non-hydrogen) atoms. The van der Waals surface area contributed by atoms with Crippen molar-refractivity contribution in [2.45, 2.75) is 26.2 Å². The number of amides is 2. The van der Waals surface area contributed by atoms with Crippen molar-refractivity contribution in [2.24, 2.45) is 0 Å². The Morgan fingerprint density at radius 1 is 0.933 bits per heavy atom. The zero-order chi connectivity index (χ0) is 21.1. The fourth-order valence-corrected chi connectivity index (χ4v) is 4.10. The second-order valence-electron chi connectivity index (χ2n) is 7.51. The quantitative estimate of drug-likeness (QED) is 0.577. The maximum atomic E-state index is 13.3. The van der Waals surface area contributed by atoms with Crippen LogP contribution in [0.15, 0.2) is 66.7 Å². The molecule has 5 heteroatoms. The molecule has 4 nitrogen and oxygen atoms in total. The van der Waals surface area contributed by atoms with E-state index in [-0.39, 0.29) is 11.8 Å². The zero-order valence-corrected chi connectivity index (χ0v) is 17.6. The number of hydrogen-bond donors (Lipinski definition) is 1. The van der Waals surface area contributed by atoms with Crippen molar-refractivity contribution in [3.8, 4) is 0 Å². The lowest BCUT2D eigenvalue weighted by atomic mass is 10.1. The first-order valence-electron chi connectivity index (χ1n) is 10.1. The van der Waals surface area contributed by atoms with Crippen LogP contribution < -0.4 is 10.2 Å². The standard InChI is InChI=1S/C25H23ClN2O2/c1-17-8-2-4-11-20(17)24(29)27-19-13-14-21(22(26)16-19)25(30)28-15-7-6-10-18-9-3-5-12-23(18)28/h2-5,8-9,11-14,16H,6-7,10,15H2,1H3,(H,27,29). The molecule has 3 aromatic carbocycles. The van der Waals surface area contributed by atoms with Crippen molar-refractivity contribution >= 4 is 34.8 Å². The second-order valence-corrected chi connectivity index (χ2v) is 7.91. The summed E-state index contributed by atoms with van der Waals surface area (Å²) in [6.45, 7) is 2.56. The summed E-state index contributed by atoms with van der Waals surface area (Å²) < 4.78 is 0. The van der Waals surface area contributed by atoms with Crippen molar-refractivity contribution in [2.75, 3.05) is 16.8 Å². The van der Waals surface area contributed by atoms with Gasteiger partial charge in [-0.1, -0.05) is 48.0 Å². The molecule has 2 amide bonds. The average molecular weight is 419 g/mol. The maximum Gasteiger partial charge on any atom is 0.259 e. The van der Waals surface area contributed by atoms with Crippen LogP contribution in [0.2, 0.25) is 5.02 Å². The van der Waals surface area contributed by atoms with Crippen LogP contribution in [-0.4, -0.2) is 18.4 Å². The second kappa shape index (κ2) is 8.72. The molecule has 152 valence electrons. The molecule has 0 fully saturated rings. The predicted molar refractivity (Wildman–Crippen MR) is 122 cm³/mol. The van der Waals surface area contributed by atoms with Crippen molar-refractivity contribution in [3.63, 3.8) is 0 Å². The number of fused-ring (bicyclic) bond motifs is 1. The number of carbonyl (C=O) groups is 2. The van der Waals surface area contributed by atoms with Crippen LogP contribution in [0.4, 0.5) is 11.4 Å². The highest BCUT2D eigenvalue weighted by atomic mass is 35.5. The van der Waals surface area contributed by atoms with Crippen molar-refractivity contribution in [1.29, 1.82) is 0 Å². The first-order valence-corrected chi connectivity index (χ1v) is 10.5. The third kappa shape index (κ3) is 4.10. The van der Waals surface area contributed by atoms with Gasteiger partial charge in [0.25, 0.3) is 11.8 Å². The van der Waals surface area contributed by atoms with E-state index in [4.69, 9.17) is 11.6 Å². The summed E-state index contributed by atoms with van der Waals surface area (Å²) >= 11 is 6.47. The number of carbonyl (C=O) groups excluding carboxylic acids is 2. The molecule has 0 unspecified atom stereocenters. The van der Waals surface area contributed by atoms with Crippen LogP contribution in [-0.2, 0) is 6.42 Å². The highest BCUT2D eigenvalue weighted by Crippen LogP contribution is 2.30. The number of nitrogens with zero attached hydrogens (tertiary/aromatic N) is 1. The van der Waals surface area contributed by atoms with Crippen LogP contribution in [0, 0.1) is 6.92 Å². The number of aryl methyl sites for hydroxylation is 2. The Balaban J connectivity index is 1.57. The van der Waals surface area contributed by atoms with Gasteiger partial charge in [0, 0.05) is 23.5 Å². The van der Waals surface area contributed by atoms with Gasteiger partial charge in [0.1, 0.15) is 0 Å². The largest absolute Gasteiger partial charge is 0.322 e. The Morgan fingerprint density at radius 3 is 2.50 bits per heavy atom. The van der Waals surface area contributed by atoms with Crippen LogP contribution >= 0.6 is 11.6 Å². The molecule has 0 atom stereocenters. The Morgan fingerprint density at radius 2 is 1.70 bits per heavy atom. The molecule has 1 heterocycles. The van der Waals surface area contributed by atoms with E-state index in [1.165, 1.54) is 5.56 Å². The molecule has 0 saturated carbocycles. The number of hydrogen-bond acceptors (Lipinski definition) is 2. The minimum atomic E-state index is -0.204. The fraction of sp³-hybridized carbons (Fsp3) is 0.200. The van der Waals surface area contributed by atoms with Crippen LogP contribution in [0.3, 0.4) is 0 Å². The average Bonchev–Trinajstić information content (AvgIpc) is 2.96. The fourth-order valence-electron chi connectivity index (χ4n) is 3.84. The van der Waals surface area contributed by atoms with Gasteiger partial charge >= 0.3 is 0 Å². The molecule has 0 saturated heterocycles. The summed E-state index contributed by atoms with van der Waals surface area (Å²) in [7, 11) is 0. The van der Waals surface area contributed by atoms with E-state index in [1.807, 2.05) is 48.2 Å². The highest BCUT2D eigenvalue weighted by Gasteiger charge is 2.24. The first-order chi connectivity index (χ1) is 14.5. The topological polar surface area (TPSA) is 49.4 Å². The molecule has 0 spiro atoms. The van der Waals surface area contributed by atoms with Gasteiger partial charge in [0.2, 0.25) is 0 Å².